The first-order chi connectivity index (χ1) is 8.90. The third kappa shape index (κ3) is 5.28. The van der Waals surface area contributed by atoms with Gasteiger partial charge in [0.2, 0.25) is 0 Å². The van der Waals surface area contributed by atoms with Crippen molar-refractivity contribution >= 4 is 23.5 Å². The van der Waals surface area contributed by atoms with Gasteiger partial charge in [-0.3, -0.25) is 9.59 Å². The molecule has 0 saturated heterocycles. The van der Waals surface area contributed by atoms with Crippen molar-refractivity contribution in [3.05, 3.63) is 34.9 Å². The van der Waals surface area contributed by atoms with Crippen LogP contribution in [0.2, 0.25) is 5.02 Å². The molecule has 0 aliphatic heterocycles. The number of carboxylic acids is 1. The zero-order valence-electron chi connectivity index (χ0n) is 10.5. The average Bonchev–Trinajstić information content (AvgIpc) is 2.33. The Morgan fingerprint density at radius 2 is 2.11 bits per heavy atom. The summed E-state index contributed by atoms with van der Waals surface area (Å²) in [5.74, 6) is -1.33. The number of aliphatic carboxylic acids is 1. The average molecular weight is 286 g/mol. The van der Waals surface area contributed by atoms with Gasteiger partial charge in [0.05, 0.1) is 12.5 Å². The van der Waals surface area contributed by atoms with Crippen molar-refractivity contribution in [3.63, 3.8) is 0 Å². The van der Waals surface area contributed by atoms with Gasteiger partial charge in [-0.25, -0.2) is 0 Å². The summed E-state index contributed by atoms with van der Waals surface area (Å²) in [5.41, 5.74) is 0.374. The second-order valence-electron chi connectivity index (χ2n) is 4.25. The largest absolute Gasteiger partial charge is 0.481 e. The molecule has 6 heteroatoms. The van der Waals surface area contributed by atoms with E-state index in [2.05, 4.69) is 0 Å². The fraction of sp³-hybridized carbons (Fsp3) is 0.385. The van der Waals surface area contributed by atoms with Gasteiger partial charge in [-0.05, 0) is 25.1 Å². The van der Waals surface area contributed by atoms with E-state index in [-0.39, 0.29) is 25.4 Å². The van der Waals surface area contributed by atoms with Crippen LogP contribution in [0.15, 0.2) is 24.3 Å². The molecule has 1 aromatic carbocycles. The lowest BCUT2D eigenvalue weighted by Gasteiger charge is -2.23. The number of carbonyl (C=O) groups excluding carboxylic acids is 1. The Morgan fingerprint density at radius 1 is 1.42 bits per heavy atom. The van der Waals surface area contributed by atoms with Crippen LogP contribution in [0.1, 0.15) is 23.7 Å². The minimum absolute atomic E-state index is 0.0472. The third-order valence-corrected chi connectivity index (χ3v) is 2.67. The highest BCUT2D eigenvalue weighted by Crippen LogP contribution is 2.13. The molecule has 1 aromatic rings. The highest BCUT2D eigenvalue weighted by molar-refractivity contribution is 6.30. The van der Waals surface area contributed by atoms with E-state index < -0.39 is 12.1 Å². The zero-order valence-corrected chi connectivity index (χ0v) is 11.3. The van der Waals surface area contributed by atoms with E-state index >= 15 is 0 Å². The maximum Gasteiger partial charge on any atom is 0.305 e. The Bertz CT molecular complexity index is 462. The van der Waals surface area contributed by atoms with Crippen LogP contribution in [0, 0.1) is 0 Å². The van der Waals surface area contributed by atoms with E-state index in [4.69, 9.17) is 16.7 Å². The van der Waals surface area contributed by atoms with Gasteiger partial charge in [-0.15, -0.1) is 0 Å². The third-order valence-electron chi connectivity index (χ3n) is 2.44. The topological polar surface area (TPSA) is 77.8 Å². The van der Waals surface area contributed by atoms with Gasteiger partial charge in [-0.1, -0.05) is 17.7 Å². The summed E-state index contributed by atoms with van der Waals surface area (Å²) in [5, 5.41) is 18.5. The molecule has 0 aliphatic rings. The van der Waals surface area contributed by atoms with Gasteiger partial charge >= 0.3 is 5.97 Å². The molecule has 1 amide bonds. The summed E-state index contributed by atoms with van der Waals surface area (Å²) in [7, 11) is 0. The molecule has 104 valence electrons. The molecule has 1 atom stereocenters. The Kier molecular flexibility index (Phi) is 5.79. The van der Waals surface area contributed by atoms with Crippen LogP contribution < -0.4 is 0 Å². The van der Waals surface area contributed by atoms with Crippen LogP contribution >= 0.6 is 11.6 Å². The smallest absolute Gasteiger partial charge is 0.305 e. The van der Waals surface area contributed by atoms with E-state index in [9.17, 15) is 14.7 Å². The van der Waals surface area contributed by atoms with Crippen LogP contribution in [-0.2, 0) is 4.79 Å². The quantitative estimate of drug-likeness (QED) is 0.833. The lowest BCUT2D eigenvalue weighted by Crippen LogP contribution is -2.38. The molecule has 0 aliphatic carbocycles. The van der Waals surface area contributed by atoms with Gasteiger partial charge in [0.15, 0.2) is 0 Å². The maximum atomic E-state index is 12.2. The standard InChI is InChI=1S/C13H16ClNO4/c1-9(16)8-15(6-5-12(17)18)13(19)10-3-2-4-11(14)7-10/h2-4,7,9,16H,5-6,8H2,1H3,(H,17,18). The van der Waals surface area contributed by atoms with E-state index in [1.165, 1.54) is 11.0 Å². The van der Waals surface area contributed by atoms with Crippen molar-refractivity contribution in [3.8, 4) is 0 Å². The van der Waals surface area contributed by atoms with Gasteiger partial charge < -0.3 is 15.1 Å². The van der Waals surface area contributed by atoms with Crippen LogP contribution in [0.25, 0.3) is 0 Å². The van der Waals surface area contributed by atoms with Gasteiger partial charge in [0.25, 0.3) is 5.91 Å². The monoisotopic (exact) mass is 285 g/mol. The lowest BCUT2D eigenvalue weighted by molar-refractivity contribution is -0.137. The number of rotatable bonds is 6. The molecule has 2 N–H and O–H groups in total. The second-order valence-corrected chi connectivity index (χ2v) is 4.69. The summed E-state index contributed by atoms with van der Waals surface area (Å²) in [6, 6.07) is 6.41. The summed E-state index contributed by atoms with van der Waals surface area (Å²) in [6.45, 7) is 1.67. The van der Waals surface area contributed by atoms with Crippen molar-refractivity contribution in [2.75, 3.05) is 13.1 Å². The predicted molar refractivity (Wildman–Crippen MR) is 71.3 cm³/mol. The number of aliphatic hydroxyl groups is 1. The summed E-state index contributed by atoms with van der Waals surface area (Å²) < 4.78 is 0. The van der Waals surface area contributed by atoms with E-state index in [0.29, 0.717) is 10.6 Å². The lowest BCUT2D eigenvalue weighted by atomic mass is 10.2. The molecule has 1 unspecified atom stereocenters. The number of carbonyl (C=O) groups is 2. The molecule has 0 fully saturated rings. The number of nitrogens with zero attached hydrogens (tertiary/aromatic N) is 1. The number of carboxylic acid groups (broad SMARTS) is 1. The van der Waals surface area contributed by atoms with Gasteiger partial charge in [-0.2, -0.15) is 0 Å². The van der Waals surface area contributed by atoms with Crippen LogP contribution in [0.3, 0.4) is 0 Å². The molecule has 0 spiro atoms. The summed E-state index contributed by atoms with van der Waals surface area (Å²) in [4.78, 5) is 24.1. The molecule has 0 saturated carbocycles. The van der Waals surface area contributed by atoms with Crippen molar-refractivity contribution in [1.29, 1.82) is 0 Å². The molecular weight excluding hydrogens is 270 g/mol. The van der Waals surface area contributed by atoms with Crippen molar-refractivity contribution < 1.29 is 19.8 Å². The van der Waals surface area contributed by atoms with Gasteiger partial charge in [0, 0.05) is 23.7 Å². The Labute approximate surface area is 116 Å². The summed E-state index contributed by atoms with van der Waals surface area (Å²) >= 11 is 5.81. The minimum atomic E-state index is -0.991. The Balaban J connectivity index is 2.83. The first-order valence-electron chi connectivity index (χ1n) is 5.85. The fourth-order valence-electron chi connectivity index (χ4n) is 1.63. The molecule has 5 nitrogen and oxygen atoms in total. The predicted octanol–water partition coefficient (Wildman–Crippen LogP) is 1.64. The number of hydrogen-bond donors (Lipinski definition) is 2. The fourth-order valence-corrected chi connectivity index (χ4v) is 1.82. The maximum absolute atomic E-state index is 12.2. The number of amides is 1. The molecular formula is C13H16ClNO4. The Morgan fingerprint density at radius 3 is 2.63 bits per heavy atom. The molecule has 0 aromatic heterocycles. The van der Waals surface area contributed by atoms with E-state index in [1.54, 1.807) is 25.1 Å². The minimum Gasteiger partial charge on any atom is -0.481 e. The first kappa shape index (κ1) is 15.5. The molecule has 0 heterocycles. The second kappa shape index (κ2) is 7.11. The van der Waals surface area contributed by atoms with Crippen molar-refractivity contribution in [2.24, 2.45) is 0 Å². The number of benzene rings is 1. The number of aliphatic hydroxyl groups excluding tert-OH is 1. The van der Waals surface area contributed by atoms with E-state index in [1.807, 2.05) is 0 Å². The molecule has 1 rings (SSSR count). The zero-order chi connectivity index (χ0) is 14.4. The first-order valence-corrected chi connectivity index (χ1v) is 6.22. The van der Waals surface area contributed by atoms with Crippen molar-refractivity contribution in [1.82, 2.24) is 4.90 Å². The van der Waals surface area contributed by atoms with E-state index in [0.717, 1.165) is 0 Å². The van der Waals surface area contributed by atoms with Crippen LogP contribution in [-0.4, -0.2) is 46.2 Å². The van der Waals surface area contributed by atoms with Crippen LogP contribution in [0.5, 0.6) is 0 Å². The Hall–Kier alpha value is -1.59. The highest BCUT2D eigenvalue weighted by atomic mass is 35.5. The van der Waals surface area contributed by atoms with Crippen LogP contribution in [0.4, 0.5) is 0 Å². The summed E-state index contributed by atoms with van der Waals surface area (Å²) in [6.07, 6.45) is -0.893. The molecule has 19 heavy (non-hydrogen) atoms. The normalized spacial score (nSPS) is 11.9. The van der Waals surface area contributed by atoms with Crippen molar-refractivity contribution in [2.45, 2.75) is 19.4 Å². The number of halogens is 1. The molecule has 0 bridgehead atoms. The SMILES string of the molecule is CC(O)CN(CCC(=O)O)C(=O)c1cccc(Cl)c1. The highest BCUT2D eigenvalue weighted by Gasteiger charge is 2.18. The molecule has 0 radical (unpaired) electrons. The number of hydrogen-bond acceptors (Lipinski definition) is 3. The van der Waals surface area contributed by atoms with Gasteiger partial charge in [0.1, 0.15) is 0 Å².